The molecule has 1 N–H and O–H groups in total. The average Bonchev–Trinajstić information content (AvgIpc) is 2.89. The van der Waals surface area contributed by atoms with E-state index in [9.17, 15) is 21.6 Å². The first-order chi connectivity index (χ1) is 10.8. The van der Waals surface area contributed by atoms with Crippen LogP contribution in [-0.2, 0) is 10.0 Å². The van der Waals surface area contributed by atoms with Crippen LogP contribution < -0.4 is 4.74 Å². The molecule has 1 aromatic heterocycles. The highest BCUT2D eigenvalue weighted by molar-refractivity contribution is 7.89. The highest BCUT2D eigenvalue weighted by atomic mass is 32.2. The van der Waals surface area contributed by atoms with Crippen molar-refractivity contribution < 1.29 is 26.3 Å². The Bertz CT molecular complexity index is 767. The van der Waals surface area contributed by atoms with E-state index in [0.29, 0.717) is 13.1 Å². The molecule has 0 radical (unpaired) electrons. The topological polar surface area (TPSA) is 75.3 Å². The van der Waals surface area contributed by atoms with Crippen LogP contribution in [0.4, 0.5) is 13.2 Å². The number of alkyl halides is 3. The second kappa shape index (κ2) is 5.53. The number of rotatable bonds is 4. The van der Waals surface area contributed by atoms with Crippen molar-refractivity contribution in [2.75, 3.05) is 13.1 Å². The van der Waals surface area contributed by atoms with Crippen molar-refractivity contribution in [3.8, 4) is 5.75 Å². The molecule has 0 atom stereocenters. The number of H-pyrrole nitrogens is 1. The van der Waals surface area contributed by atoms with E-state index in [1.807, 2.05) is 0 Å². The van der Waals surface area contributed by atoms with Crippen molar-refractivity contribution in [2.45, 2.75) is 17.2 Å². The van der Waals surface area contributed by atoms with Gasteiger partial charge in [0.15, 0.2) is 0 Å². The number of hydrogen-bond acceptors (Lipinski definition) is 4. The van der Waals surface area contributed by atoms with Gasteiger partial charge in [-0.15, -0.1) is 13.2 Å². The Hall–Kier alpha value is -2.07. The maximum absolute atomic E-state index is 12.4. The van der Waals surface area contributed by atoms with Gasteiger partial charge in [0.1, 0.15) is 5.75 Å². The maximum atomic E-state index is 12.4. The number of halogens is 3. The van der Waals surface area contributed by atoms with E-state index in [4.69, 9.17) is 0 Å². The Balaban J connectivity index is 1.69. The van der Waals surface area contributed by atoms with Crippen LogP contribution in [0.3, 0.4) is 0 Å². The molecule has 23 heavy (non-hydrogen) atoms. The lowest BCUT2D eigenvalue weighted by molar-refractivity contribution is -0.274. The number of aromatic nitrogens is 2. The number of sulfonamides is 1. The number of benzene rings is 1. The Labute approximate surface area is 129 Å². The molecule has 0 spiro atoms. The Morgan fingerprint density at radius 1 is 1.17 bits per heavy atom. The smallest absolute Gasteiger partial charge is 0.406 e. The van der Waals surface area contributed by atoms with Crippen LogP contribution in [0.2, 0.25) is 0 Å². The minimum atomic E-state index is -4.81. The predicted octanol–water partition coefficient (Wildman–Crippen LogP) is 2.10. The molecule has 1 aliphatic rings. The average molecular weight is 347 g/mol. The summed E-state index contributed by atoms with van der Waals surface area (Å²) in [7, 11) is -3.72. The van der Waals surface area contributed by atoms with E-state index < -0.39 is 22.1 Å². The monoisotopic (exact) mass is 347 g/mol. The summed E-state index contributed by atoms with van der Waals surface area (Å²) < 4.78 is 66.0. The Morgan fingerprint density at radius 2 is 1.83 bits per heavy atom. The molecule has 0 saturated carbocycles. The number of nitrogens with one attached hydrogen (secondary N) is 1. The standard InChI is InChI=1S/C13H12F3N3O3S/c14-13(15,16)22-10-1-3-11(4-2-10)23(20,21)19-7-9(8-19)12-5-6-17-18-12/h1-6,9H,7-8H2,(H,17,18). The number of ether oxygens (including phenoxy) is 1. The summed E-state index contributed by atoms with van der Waals surface area (Å²) in [4.78, 5) is -0.0740. The van der Waals surface area contributed by atoms with Gasteiger partial charge in [0, 0.05) is 30.9 Å². The van der Waals surface area contributed by atoms with Crippen LogP contribution in [0.1, 0.15) is 11.6 Å². The molecule has 2 heterocycles. The van der Waals surface area contributed by atoms with Crippen molar-refractivity contribution in [1.29, 1.82) is 0 Å². The third-order valence-corrected chi connectivity index (χ3v) is 5.35. The van der Waals surface area contributed by atoms with Gasteiger partial charge < -0.3 is 4.74 Å². The van der Waals surface area contributed by atoms with E-state index in [1.165, 1.54) is 4.31 Å². The van der Waals surface area contributed by atoms with Gasteiger partial charge in [0.05, 0.1) is 4.90 Å². The summed E-state index contributed by atoms with van der Waals surface area (Å²) in [5, 5.41) is 6.60. The highest BCUT2D eigenvalue weighted by Crippen LogP contribution is 2.32. The van der Waals surface area contributed by atoms with Crippen LogP contribution in [0.5, 0.6) is 5.75 Å². The van der Waals surface area contributed by atoms with Crippen molar-refractivity contribution >= 4 is 10.0 Å². The minimum Gasteiger partial charge on any atom is -0.406 e. The summed E-state index contributed by atoms with van der Waals surface area (Å²) in [5.74, 6) is -0.421. The normalized spacial score (nSPS) is 17.0. The molecule has 1 aliphatic heterocycles. The van der Waals surface area contributed by atoms with Gasteiger partial charge >= 0.3 is 6.36 Å². The molecular formula is C13H12F3N3O3S. The first-order valence-corrected chi connectivity index (χ1v) is 8.05. The molecule has 0 aliphatic carbocycles. The zero-order chi connectivity index (χ0) is 16.7. The lowest BCUT2D eigenvalue weighted by Crippen LogP contribution is -2.48. The molecule has 0 unspecified atom stereocenters. The number of nitrogens with zero attached hydrogens (tertiary/aromatic N) is 2. The highest BCUT2D eigenvalue weighted by Gasteiger charge is 2.38. The third kappa shape index (κ3) is 3.32. The van der Waals surface area contributed by atoms with Crippen LogP contribution in [0, 0.1) is 0 Å². The third-order valence-electron chi connectivity index (χ3n) is 3.51. The molecule has 124 valence electrons. The van der Waals surface area contributed by atoms with Crippen LogP contribution in [0.25, 0.3) is 0 Å². The quantitative estimate of drug-likeness (QED) is 0.919. The van der Waals surface area contributed by atoms with Gasteiger partial charge in [0.25, 0.3) is 0 Å². The first kappa shape index (κ1) is 15.8. The van der Waals surface area contributed by atoms with Gasteiger partial charge in [0.2, 0.25) is 10.0 Å². The molecule has 10 heteroatoms. The van der Waals surface area contributed by atoms with E-state index in [0.717, 1.165) is 30.0 Å². The second-order valence-electron chi connectivity index (χ2n) is 5.05. The fourth-order valence-corrected chi connectivity index (χ4v) is 3.82. The molecule has 3 rings (SSSR count). The molecular weight excluding hydrogens is 335 g/mol. The SMILES string of the molecule is O=S(=O)(c1ccc(OC(F)(F)F)cc1)N1CC(c2ccn[nH]2)C1. The largest absolute Gasteiger partial charge is 0.573 e. The van der Waals surface area contributed by atoms with Crippen LogP contribution in [0.15, 0.2) is 41.4 Å². The molecule has 0 bridgehead atoms. The van der Waals surface area contributed by atoms with Crippen molar-refractivity contribution in [3.63, 3.8) is 0 Å². The number of hydrogen-bond donors (Lipinski definition) is 1. The van der Waals surface area contributed by atoms with Gasteiger partial charge in [-0.3, -0.25) is 5.10 Å². The molecule has 1 saturated heterocycles. The summed E-state index contributed by atoms with van der Waals surface area (Å²) in [6.45, 7) is 0.594. The Morgan fingerprint density at radius 3 is 2.35 bits per heavy atom. The maximum Gasteiger partial charge on any atom is 0.573 e. The van der Waals surface area contributed by atoms with Crippen LogP contribution >= 0.6 is 0 Å². The molecule has 0 amide bonds. The summed E-state index contributed by atoms with van der Waals surface area (Å²) in [6, 6.07) is 5.93. The zero-order valence-corrected chi connectivity index (χ0v) is 12.4. The van der Waals surface area contributed by atoms with Gasteiger partial charge in [-0.05, 0) is 30.3 Å². The van der Waals surface area contributed by atoms with E-state index >= 15 is 0 Å². The lowest BCUT2D eigenvalue weighted by Gasteiger charge is -2.37. The van der Waals surface area contributed by atoms with Crippen molar-refractivity contribution in [2.24, 2.45) is 0 Å². The molecule has 6 nitrogen and oxygen atoms in total. The van der Waals surface area contributed by atoms with Crippen LogP contribution in [-0.4, -0.2) is 42.4 Å². The minimum absolute atomic E-state index is 0.0418. The number of aromatic amines is 1. The van der Waals surface area contributed by atoms with Gasteiger partial charge in [-0.2, -0.15) is 9.40 Å². The fraction of sp³-hybridized carbons (Fsp3) is 0.308. The van der Waals surface area contributed by atoms with E-state index in [-0.39, 0.29) is 10.8 Å². The summed E-state index contributed by atoms with van der Waals surface area (Å²) in [5.41, 5.74) is 0.852. The lowest BCUT2D eigenvalue weighted by atomic mass is 10.00. The van der Waals surface area contributed by atoms with Gasteiger partial charge in [-0.1, -0.05) is 0 Å². The second-order valence-corrected chi connectivity index (χ2v) is 6.99. The molecule has 1 aromatic carbocycles. The summed E-state index contributed by atoms with van der Waals surface area (Å²) >= 11 is 0. The zero-order valence-electron chi connectivity index (χ0n) is 11.6. The predicted molar refractivity (Wildman–Crippen MR) is 73.2 cm³/mol. The van der Waals surface area contributed by atoms with Gasteiger partial charge in [-0.25, -0.2) is 8.42 Å². The van der Waals surface area contributed by atoms with E-state index in [2.05, 4.69) is 14.9 Å². The molecule has 2 aromatic rings. The van der Waals surface area contributed by atoms with Crippen molar-refractivity contribution in [1.82, 2.24) is 14.5 Å². The van der Waals surface area contributed by atoms with E-state index in [1.54, 1.807) is 12.3 Å². The molecule has 1 fully saturated rings. The summed E-state index contributed by atoms with van der Waals surface area (Å²) in [6.07, 6.45) is -3.22. The fourth-order valence-electron chi connectivity index (χ4n) is 2.29. The van der Waals surface area contributed by atoms with Crippen molar-refractivity contribution in [3.05, 3.63) is 42.2 Å². The first-order valence-electron chi connectivity index (χ1n) is 6.61. The Kier molecular flexibility index (Phi) is 3.80.